The Hall–Kier alpha value is -3.30. The fourth-order valence-electron chi connectivity index (χ4n) is 4.49. The average molecular weight is 442 g/mol. The molecule has 33 heavy (non-hydrogen) atoms. The van der Waals surface area contributed by atoms with E-state index in [4.69, 9.17) is 0 Å². The minimum Gasteiger partial charge on any atom is -0.316 e. The van der Waals surface area contributed by atoms with Crippen molar-refractivity contribution in [3.8, 4) is 33.4 Å². The molecule has 0 spiro atoms. The molecule has 0 unspecified atom stereocenters. The Labute approximate surface area is 195 Å². The Morgan fingerprint density at radius 3 is 1.42 bits per heavy atom. The minimum absolute atomic E-state index is 0.154. The van der Waals surface area contributed by atoms with Gasteiger partial charge in [0, 0.05) is 12.1 Å². The number of rotatable bonds is 6. The van der Waals surface area contributed by atoms with Crippen LogP contribution >= 0.6 is 0 Å². The third-order valence-electron chi connectivity index (χ3n) is 6.27. The van der Waals surface area contributed by atoms with E-state index in [0.29, 0.717) is 18.5 Å². The van der Waals surface area contributed by atoms with E-state index >= 15 is 0 Å². The fraction of sp³-hybridized carbons (Fsp3) is 0.200. The molecular weight excluding hydrogens is 412 g/mol. The average Bonchev–Trinajstić information content (AvgIpc) is 2.81. The molecule has 1 nitrogen and oxygen atoms in total. The van der Waals surface area contributed by atoms with Crippen LogP contribution in [0.5, 0.6) is 0 Å². The van der Waals surface area contributed by atoms with Crippen LogP contribution in [0.15, 0.2) is 72.8 Å². The van der Waals surface area contributed by atoms with Crippen molar-refractivity contribution in [1.82, 2.24) is 5.32 Å². The standard InChI is InChI=1S/C30H29F2N/c1-5-27-19(2)12-25(16-29(27)31)23-10-6-8-21(14-23)22-9-7-11-24(15-22)26-13-20(3)28(18-33-4)30(32)17-26/h6-17,33H,5,18H2,1-4H3. The van der Waals surface area contributed by atoms with Crippen molar-refractivity contribution in [1.29, 1.82) is 0 Å². The first-order chi connectivity index (χ1) is 15.9. The molecule has 0 radical (unpaired) electrons. The molecule has 0 aliphatic rings. The largest absolute Gasteiger partial charge is 0.316 e. The van der Waals surface area contributed by atoms with Crippen LogP contribution in [0.2, 0.25) is 0 Å². The molecule has 0 saturated heterocycles. The van der Waals surface area contributed by atoms with E-state index in [0.717, 1.165) is 50.1 Å². The second-order valence-corrected chi connectivity index (χ2v) is 8.55. The molecule has 4 rings (SSSR count). The molecule has 4 aromatic carbocycles. The summed E-state index contributed by atoms with van der Waals surface area (Å²) in [5.74, 6) is -0.348. The molecule has 0 atom stereocenters. The summed E-state index contributed by atoms with van der Waals surface area (Å²) in [7, 11) is 1.82. The van der Waals surface area contributed by atoms with Crippen molar-refractivity contribution in [3.63, 3.8) is 0 Å². The Kier molecular flexibility index (Phi) is 6.71. The highest BCUT2D eigenvalue weighted by Gasteiger charge is 2.11. The van der Waals surface area contributed by atoms with Crippen LogP contribution in [-0.2, 0) is 13.0 Å². The number of benzene rings is 4. The number of aryl methyl sites for hydroxylation is 2. The third kappa shape index (κ3) is 4.74. The van der Waals surface area contributed by atoms with Crippen LogP contribution in [0.4, 0.5) is 8.78 Å². The summed E-state index contributed by atoms with van der Waals surface area (Å²) in [5, 5.41) is 3.02. The molecule has 0 heterocycles. The lowest BCUT2D eigenvalue weighted by Crippen LogP contribution is -2.09. The molecule has 0 fully saturated rings. The van der Waals surface area contributed by atoms with Crippen molar-refractivity contribution in [3.05, 3.63) is 107 Å². The van der Waals surface area contributed by atoms with E-state index in [9.17, 15) is 8.78 Å². The van der Waals surface area contributed by atoms with Crippen LogP contribution in [-0.4, -0.2) is 7.05 Å². The maximum atomic E-state index is 14.7. The molecule has 3 heteroatoms. The van der Waals surface area contributed by atoms with Crippen molar-refractivity contribution in [2.75, 3.05) is 7.05 Å². The lowest BCUT2D eigenvalue weighted by Gasteiger charge is -2.13. The second-order valence-electron chi connectivity index (χ2n) is 8.55. The van der Waals surface area contributed by atoms with Gasteiger partial charge in [-0.05, 0) is 102 Å². The maximum Gasteiger partial charge on any atom is 0.128 e. The summed E-state index contributed by atoms with van der Waals surface area (Å²) in [5.41, 5.74) is 9.11. The molecule has 4 aromatic rings. The second kappa shape index (κ2) is 9.68. The first-order valence-electron chi connectivity index (χ1n) is 11.3. The summed E-state index contributed by atoms with van der Waals surface area (Å²) in [4.78, 5) is 0. The Bertz CT molecular complexity index is 1260. The van der Waals surface area contributed by atoms with Crippen LogP contribution in [0.25, 0.3) is 33.4 Å². The summed E-state index contributed by atoms with van der Waals surface area (Å²) in [6.45, 7) is 6.38. The van der Waals surface area contributed by atoms with Crippen LogP contribution in [0.1, 0.15) is 29.2 Å². The van der Waals surface area contributed by atoms with E-state index < -0.39 is 0 Å². The zero-order chi connectivity index (χ0) is 23.5. The molecule has 0 aliphatic heterocycles. The quantitative estimate of drug-likeness (QED) is 0.321. The van der Waals surface area contributed by atoms with E-state index in [1.54, 1.807) is 12.1 Å². The predicted octanol–water partition coefficient (Wildman–Crippen LogP) is 7.86. The Morgan fingerprint density at radius 1 is 0.606 bits per heavy atom. The molecule has 0 saturated carbocycles. The summed E-state index contributed by atoms with van der Waals surface area (Å²) >= 11 is 0. The third-order valence-corrected chi connectivity index (χ3v) is 6.27. The highest BCUT2D eigenvalue weighted by molar-refractivity contribution is 5.77. The van der Waals surface area contributed by atoms with Gasteiger partial charge >= 0.3 is 0 Å². The smallest absolute Gasteiger partial charge is 0.128 e. The van der Waals surface area contributed by atoms with Crippen LogP contribution in [0, 0.1) is 25.5 Å². The van der Waals surface area contributed by atoms with Crippen molar-refractivity contribution >= 4 is 0 Å². The van der Waals surface area contributed by atoms with Gasteiger partial charge in [0.2, 0.25) is 0 Å². The van der Waals surface area contributed by atoms with Gasteiger partial charge in [-0.3, -0.25) is 0 Å². The molecule has 168 valence electrons. The van der Waals surface area contributed by atoms with Crippen LogP contribution < -0.4 is 5.32 Å². The van der Waals surface area contributed by atoms with Crippen LogP contribution in [0.3, 0.4) is 0 Å². The number of hydrogen-bond donors (Lipinski definition) is 1. The van der Waals surface area contributed by atoms with Gasteiger partial charge < -0.3 is 5.32 Å². The van der Waals surface area contributed by atoms with E-state index in [2.05, 4.69) is 23.5 Å². The topological polar surface area (TPSA) is 12.0 Å². The predicted molar refractivity (Wildman–Crippen MR) is 134 cm³/mol. The molecule has 1 N–H and O–H groups in total. The molecule has 0 aromatic heterocycles. The Morgan fingerprint density at radius 2 is 1.03 bits per heavy atom. The van der Waals surface area contributed by atoms with Gasteiger partial charge in [-0.25, -0.2) is 8.78 Å². The van der Waals surface area contributed by atoms with Crippen molar-refractivity contribution in [2.24, 2.45) is 0 Å². The summed E-state index contributed by atoms with van der Waals surface area (Å²) < 4.78 is 29.3. The fourth-order valence-corrected chi connectivity index (χ4v) is 4.49. The first kappa shape index (κ1) is 22.9. The van der Waals surface area contributed by atoms with Gasteiger partial charge in [0.25, 0.3) is 0 Å². The lowest BCUT2D eigenvalue weighted by molar-refractivity contribution is 0.599. The molecule has 0 amide bonds. The normalized spacial score (nSPS) is 11.1. The van der Waals surface area contributed by atoms with Gasteiger partial charge in [0.05, 0.1) is 0 Å². The zero-order valence-corrected chi connectivity index (χ0v) is 19.6. The maximum absolute atomic E-state index is 14.7. The van der Waals surface area contributed by atoms with E-state index in [1.807, 2.05) is 70.3 Å². The molecule has 0 aliphatic carbocycles. The van der Waals surface area contributed by atoms with Gasteiger partial charge in [-0.15, -0.1) is 0 Å². The van der Waals surface area contributed by atoms with E-state index in [-0.39, 0.29) is 11.6 Å². The van der Waals surface area contributed by atoms with Gasteiger partial charge in [-0.2, -0.15) is 0 Å². The number of halogens is 2. The monoisotopic (exact) mass is 441 g/mol. The molecular formula is C30H29F2N. The summed E-state index contributed by atoms with van der Waals surface area (Å²) in [6, 6.07) is 23.6. The lowest BCUT2D eigenvalue weighted by atomic mass is 9.93. The SMILES string of the molecule is CCc1c(C)cc(-c2cccc(-c3cccc(-c4cc(C)c(CNC)c(F)c4)c3)c2)cc1F. The summed E-state index contributed by atoms with van der Waals surface area (Å²) in [6.07, 6.45) is 0.681. The van der Waals surface area contributed by atoms with Crippen molar-refractivity contribution in [2.45, 2.75) is 33.7 Å². The number of hydrogen-bond acceptors (Lipinski definition) is 1. The zero-order valence-electron chi connectivity index (χ0n) is 19.6. The molecule has 0 bridgehead atoms. The van der Waals surface area contributed by atoms with E-state index in [1.165, 1.54) is 0 Å². The highest BCUT2D eigenvalue weighted by Crippen LogP contribution is 2.32. The minimum atomic E-state index is -0.195. The van der Waals surface area contributed by atoms with Gasteiger partial charge in [0.15, 0.2) is 0 Å². The van der Waals surface area contributed by atoms with Crippen molar-refractivity contribution < 1.29 is 8.78 Å². The number of nitrogens with one attached hydrogen (secondary N) is 1. The van der Waals surface area contributed by atoms with Gasteiger partial charge in [-0.1, -0.05) is 55.5 Å². The van der Waals surface area contributed by atoms with Gasteiger partial charge in [0.1, 0.15) is 11.6 Å². The highest BCUT2D eigenvalue weighted by atomic mass is 19.1. The first-order valence-corrected chi connectivity index (χ1v) is 11.3. The Balaban J connectivity index is 1.72.